The molecule has 0 bridgehead atoms. The maximum Gasteiger partial charge on any atom is 0.333 e. The molecule has 3 rings (SSSR count). The summed E-state index contributed by atoms with van der Waals surface area (Å²) in [6, 6.07) is 9.59. The Balaban J connectivity index is 0.00000145. The molecule has 1 atom stereocenters. The molecule has 1 aliphatic carbocycles. The van der Waals surface area contributed by atoms with Crippen LogP contribution in [-0.4, -0.2) is 29.4 Å². The van der Waals surface area contributed by atoms with Crippen molar-refractivity contribution >= 4 is 11.9 Å². The van der Waals surface area contributed by atoms with Gasteiger partial charge in [-0.25, -0.2) is 4.79 Å². The van der Waals surface area contributed by atoms with E-state index in [0.29, 0.717) is 5.57 Å². The van der Waals surface area contributed by atoms with Crippen LogP contribution in [0.2, 0.25) is 0 Å². The lowest BCUT2D eigenvalue weighted by atomic mass is 9.93. The van der Waals surface area contributed by atoms with E-state index in [1.165, 1.54) is 0 Å². The van der Waals surface area contributed by atoms with Gasteiger partial charge in [-0.2, -0.15) is 0 Å². The number of nitrogens with zero attached hydrogens (tertiary/aromatic N) is 1. The van der Waals surface area contributed by atoms with Crippen molar-refractivity contribution in [2.45, 2.75) is 67.0 Å². The summed E-state index contributed by atoms with van der Waals surface area (Å²) >= 11 is 0. The van der Waals surface area contributed by atoms with Gasteiger partial charge in [0.25, 0.3) is 5.91 Å². The first-order valence-electron chi connectivity index (χ1n) is 10.6. The van der Waals surface area contributed by atoms with E-state index in [1.54, 1.807) is 6.92 Å². The number of rotatable bonds is 5. The third-order valence-corrected chi connectivity index (χ3v) is 5.07. The highest BCUT2D eigenvalue weighted by Gasteiger charge is 2.40. The molecule has 0 unspecified atom stereocenters. The predicted molar refractivity (Wildman–Crippen MR) is 117 cm³/mol. The largest absolute Gasteiger partial charge is 0.457 e. The molecule has 1 aromatic rings. The Kier molecular flexibility index (Phi) is 7.83. The molecule has 1 amide bonds. The second-order valence-electron chi connectivity index (χ2n) is 8.34. The van der Waals surface area contributed by atoms with E-state index in [-0.39, 0.29) is 29.9 Å². The highest BCUT2D eigenvalue weighted by molar-refractivity contribution is 6.04. The summed E-state index contributed by atoms with van der Waals surface area (Å²) in [5.74, 6) is -0.241. The molecule has 1 aliphatic heterocycles. The molecule has 157 valence electrons. The number of allylic oxidation sites excluding steroid dienone is 1. The molecular formula is C25H34NO3. The van der Waals surface area contributed by atoms with Crippen LogP contribution in [0.5, 0.6) is 0 Å². The van der Waals surface area contributed by atoms with Crippen molar-refractivity contribution in [3.05, 3.63) is 65.1 Å². The summed E-state index contributed by atoms with van der Waals surface area (Å²) in [6.45, 7) is 13.1. The summed E-state index contributed by atoms with van der Waals surface area (Å²) in [4.78, 5) is 27.0. The van der Waals surface area contributed by atoms with Crippen molar-refractivity contribution in [1.29, 1.82) is 0 Å². The van der Waals surface area contributed by atoms with Crippen LogP contribution >= 0.6 is 0 Å². The number of carbonyl (C=O) groups excluding carboxylic acids is 2. The van der Waals surface area contributed by atoms with E-state index in [9.17, 15) is 9.59 Å². The smallest absolute Gasteiger partial charge is 0.333 e. The summed E-state index contributed by atoms with van der Waals surface area (Å²) < 4.78 is 5.39. The van der Waals surface area contributed by atoms with Crippen LogP contribution in [0, 0.1) is 11.8 Å². The summed E-state index contributed by atoms with van der Waals surface area (Å²) in [7, 11) is 0. The minimum Gasteiger partial charge on any atom is -0.457 e. The zero-order valence-electron chi connectivity index (χ0n) is 18.6. The van der Waals surface area contributed by atoms with Crippen LogP contribution in [0.1, 0.15) is 59.9 Å². The first-order valence-corrected chi connectivity index (χ1v) is 10.6. The van der Waals surface area contributed by atoms with Crippen LogP contribution in [0.25, 0.3) is 0 Å². The van der Waals surface area contributed by atoms with Crippen molar-refractivity contribution in [3.63, 3.8) is 0 Å². The van der Waals surface area contributed by atoms with E-state index in [2.05, 4.69) is 20.8 Å². The van der Waals surface area contributed by atoms with Gasteiger partial charge in [-0.15, -0.1) is 0 Å². The van der Waals surface area contributed by atoms with Gasteiger partial charge in [-0.3, -0.25) is 4.79 Å². The molecule has 0 N–H and O–H groups in total. The van der Waals surface area contributed by atoms with E-state index in [1.807, 2.05) is 61.6 Å². The number of ether oxygens (including phenoxy) is 1. The maximum atomic E-state index is 12.8. The Hall–Kier alpha value is -2.36. The molecule has 2 aliphatic rings. The fourth-order valence-electron chi connectivity index (χ4n) is 3.47. The molecule has 1 radical (unpaired) electrons. The Morgan fingerprint density at radius 1 is 1.17 bits per heavy atom. The van der Waals surface area contributed by atoms with Crippen LogP contribution in [-0.2, 0) is 20.9 Å². The predicted octanol–water partition coefficient (Wildman–Crippen LogP) is 5.25. The Morgan fingerprint density at radius 2 is 1.83 bits per heavy atom. The molecule has 1 fully saturated rings. The number of hydrogen-bond donors (Lipinski definition) is 0. The van der Waals surface area contributed by atoms with Gasteiger partial charge in [0.2, 0.25) is 0 Å². The second kappa shape index (κ2) is 9.91. The SMILES string of the molecule is C/C(=C\[C@@H]1CCCN1C(=O)C1=C(C(C)(C)C)[CH]1)C(=O)OCc1ccccc1.CC. The van der Waals surface area contributed by atoms with Gasteiger partial charge in [-0.1, -0.05) is 71.0 Å². The molecule has 0 aromatic heterocycles. The fourth-order valence-corrected chi connectivity index (χ4v) is 3.47. The zero-order valence-corrected chi connectivity index (χ0v) is 18.6. The van der Waals surface area contributed by atoms with Gasteiger partial charge in [0, 0.05) is 24.1 Å². The molecule has 29 heavy (non-hydrogen) atoms. The van der Waals surface area contributed by atoms with Crippen LogP contribution in [0.15, 0.2) is 53.1 Å². The highest BCUT2D eigenvalue weighted by atomic mass is 16.5. The van der Waals surface area contributed by atoms with Crippen molar-refractivity contribution in [3.8, 4) is 0 Å². The molecule has 1 heterocycles. The summed E-state index contributed by atoms with van der Waals surface area (Å²) in [5.41, 5.74) is 3.50. The standard InChI is InChI=1S/C23H28NO3.C2H6/c1-16(22(26)27-15-17-9-6-5-7-10-17)13-18-11-8-12-24(18)21(25)19-14-20(19)23(2,3)4;1-2/h5-7,9-10,13-14,18H,8,11-12,15H2,1-4H3;1-2H3/b16-13+;/t18-;/m0./s1. The van der Waals surface area contributed by atoms with Gasteiger partial charge >= 0.3 is 5.97 Å². The van der Waals surface area contributed by atoms with Gasteiger partial charge in [0.05, 0.1) is 6.04 Å². The van der Waals surface area contributed by atoms with E-state index in [0.717, 1.165) is 36.1 Å². The van der Waals surface area contributed by atoms with Crippen molar-refractivity contribution < 1.29 is 14.3 Å². The Morgan fingerprint density at radius 3 is 2.41 bits per heavy atom. The average molecular weight is 397 g/mol. The molecule has 0 spiro atoms. The topological polar surface area (TPSA) is 46.6 Å². The monoisotopic (exact) mass is 396 g/mol. The van der Waals surface area contributed by atoms with Gasteiger partial charge in [-0.05, 0) is 36.3 Å². The Labute approximate surface area is 175 Å². The molecule has 0 saturated carbocycles. The quantitative estimate of drug-likeness (QED) is 0.504. The number of hydrogen-bond acceptors (Lipinski definition) is 3. The van der Waals surface area contributed by atoms with Gasteiger partial charge in [0.1, 0.15) is 6.61 Å². The zero-order chi connectivity index (χ0) is 21.6. The maximum absolute atomic E-state index is 12.8. The average Bonchev–Trinajstić information content (AvgIpc) is 3.41. The van der Waals surface area contributed by atoms with Crippen molar-refractivity contribution in [2.24, 2.45) is 5.41 Å². The number of esters is 1. The summed E-state index contributed by atoms with van der Waals surface area (Å²) in [5, 5.41) is 0. The fraction of sp³-hybridized carbons (Fsp3) is 0.480. The number of benzene rings is 1. The lowest BCUT2D eigenvalue weighted by molar-refractivity contribution is -0.140. The Bertz CT molecular complexity index is 784. The third kappa shape index (κ3) is 6.06. The van der Waals surface area contributed by atoms with Gasteiger partial charge < -0.3 is 9.64 Å². The molecular weight excluding hydrogens is 362 g/mol. The molecule has 4 heteroatoms. The molecule has 4 nitrogen and oxygen atoms in total. The molecule has 1 aromatic carbocycles. The first-order chi connectivity index (χ1) is 13.8. The van der Waals surface area contributed by atoms with E-state index in [4.69, 9.17) is 4.74 Å². The van der Waals surface area contributed by atoms with Crippen LogP contribution in [0.4, 0.5) is 0 Å². The van der Waals surface area contributed by atoms with Crippen LogP contribution < -0.4 is 0 Å². The highest BCUT2D eigenvalue weighted by Crippen LogP contribution is 2.44. The lowest BCUT2D eigenvalue weighted by Crippen LogP contribution is -2.34. The number of amides is 1. The first kappa shape index (κ1) is 22.9. The normalized spacial score (nSPS) is 18.9. The summed E-state index contributed by atoms with van der Waals surface area (Å²) in [6.07, 6.45) is 5.71. The van der Waals surface area contributed by atoms with E-state index >= 15 is 0 Å². The van der Waals surface area contributed by atoms with E-state index < -0.39 is 0 Å². The third-order valence-electron chi connectivity index (χ3n) is 5.07. The van der Waals surface area contributed by atoms with Crippen molar-refractivity contribution in [1.82, 2.24) is 4.90 Å². The number of likely N-dealkylation sites (tertiary alicyclic amines) is 1. The minimum absolute atomic E-state index is 0.00716. The minimum atomic E-state index is -0.328. The molecule has 1 saturated heterocycles. The van der Waals surface area contributed by atoms with Gasteiger partial charge in [0.15, 0.2) is 0 Å². The lowest BCUT2D eigenvalue weighted by Gasteiger charge is -2.22. The second-order valence-corrected chi connectivity index (χ2v) is 8.34. The number of carbonyl (C=O) groups is 2. The van der Waals surface area contributed by atoms with Crippen LogP contribution in [0.3, 0.4) is 0 Å². The van der Waals surface area contributed by atoms with Crippen molar-refractivity contribution in [2.75, 3.05) is 6.54 Å².